The van der Waals surface area contributed by atoms with Crippen molar-refractivity contribution >= 4 is 0 Å². The lowest BCUT2D eigenvalue weighted by Gasteiger charge is -2.57. The summed E-state index contributed by atoms with van der Waals surface area (Å²) in [6, 6.07) is 0. The summed E-state index contributed by atoms with van der Waals surface area (Å²) >= 11 is 0. The van der Waals surface area contributed by atoms with Crippen LogP contribution < -0.4 is 0 Å². The zero-order valence-electron chi connectivity index (χ0n) is 11.7. The van der Waals surface area contributed by atoms with Gasteiger partial charge in [-0.25, -0.2) is 0 Å². The van der Waals surface area contributed by atoms with E-state index < -0.39 is 0 Å². The van der Waals surface area contributed by atoms with Crippen LogP contribution in [0.4, 0.5) is 0 Å². The highest BCUT2D eigenvalue weighted by molar-refractivity contribution is 5.04. The van der Waals surface area contributed by atoms with E-state index in [0.29, 0.717) is 0 Å². The van der Waals surface area contributed by atoms with E-state index in [1.807, 2.05) is 0 Å². The van der Waals surface area contributed by atoms with Gasteiger partial charge < -0.3 is 5.11 Å². The lowest BCUT2D eigenvalue weighted by molar-refractivity contribution is -0.103. The molecule has 0 unspecified atom stereocenters. The highest BCUT2D eigenvalue weighted by Crippen LogP contribution is 2.44. The van der Waals surface area contributed by atoms with Crippen LogP contribution in [-0.2, 0) is 0 Å². The van der Waals surface area contributed by atoms with Gasteiger partial charge in [0.2, 0.25) is 0 Å². The van der Waals surface area contributed by atoms with E-state index in [2.05, 4.69) is 39.6 Å². The second-order valence-corrected chi connectivity index (χ2v) is 5.48. The molecule has 0 spiro atoms. The highest BCUT2D eigenvalue weighted by atomic mass is 16.3. The molecule has 0 aromatic carbocycles. The second kappa shape index (κ2) is 5.05. The molecule has 1 N–H and O–H groups in total. The van der Waals surface area contributed by atoms with Gasteiger partial charge in [0.05, 0.1) is 6.10 Å². The fourth-order valence-corrected chi connectivity index (χ4v) is 3.75. The van der Waals surface area contributed by atoms with E-state index in [1.165, 1.54) is 0 Å². The first-order valence-corrected chi connectivity index (χ1v) is 6.92. The smallest absolute Gasteiger partial charge is 0.0575 e. The number of aliphatic hydroxyl groups is 1. The third-order valence-electron chi connectivity index (χ3n) is 5.29. The van der Waals surface area contributed by atoms with E-state index in [4.69, 9.17) is 0 Å². The number of hydrogen-bond donors (Lipinski definition) is 1. The second-order valence-electron chi connectivity index (χ2n) is 5.48. The molecule has 0 aliphatic carbocycles. The average molecular weight is 227 g/mol. The summed E-state index contributed by atoms with van der Waals surface area (Å²) < 4.78 is 0. The number of piperidine rings is 1. The molecule has 0 saturated carbocycles. The molecule has 1 aliphatic heterocycles. The first kappa shape index (κ1) is 14.0. The molecule has 1 rings (SSSR count). The molecule has 0 amide bonds. The first-order valence-electron chi connectivity index (χ1n) is 6.92. The van der Waals surface area contributed by atoms with Crippen LogP contribution in [0.3, 0.4) is 0 Å². The fourth-order valence-electron chi connectivity index (χ4n) is 3.75. The monoisotopic (exact) mass is 227 g/mol. The van der Waals surface area contributed by atoms with Crippen molar-refractivity contribution in [3.8, 4) is 0 Å². The minimum Gasteiger partial charge on any atom is -0.393 e. The molecule has 16 heavy (non-hydrogen) atoms. The van der Waals surface area contributed by atoms with Crippen LogP contribution in [0.2, 0.25) is 0 Å². The summed E-state index contributed by atoms with van der Waals surface area (Å²) in [6.07, 6.45) is 6.32. The third kappa shape index (κ3) is 2.02. The summed E-state index contributed by atoms with van der Waals surface area (Å²) in [4.78, 5) is 2.59. The molecule has 1 fully saturated rings. The Kier molecular flexibility index (Phi) is 4.42. The predicted octanol–water partition coefficient (Wildman–Crippen LogP) is 3.19. The van der Waals surface area contributed by atoms with Crippen LogP contribution in [0.15, 0.2) is 0 Å². The Morgan fingerprint density at radius 1 is 0.938 bits per heavy atom. The molecular formula is C14H29NO. The summed E-state index contributed by atoms with van der Waals surface area (Å²) in [7, 11) is 2.27. The molecule has 2 heteroatoms. The standard InChI is InChI=1S/C14H29NO/c1-6-13(7-2)10-12(16)11-14(8-3,9-4)15(13)5/h12,16H,6-11H2,1-5H3. The number of nitrogens with zero attached hydrogens (tertiary/aromatic N) is 1. The molecule has 0 atom stereocenters. The van der Waals surface area contributed by atoms with Gasteiger partial charge in [-0.15, -0.1) is 0 Å². The zero-order chi connectivity index (χ0) is 12.4. The van der Waals surface area contributed by atoms with E-state index in [-0.39, 0.29) is 17.2 Å². The van der Waals surface area contributed by atoms with Gasteiger partial charge in [-0.2, -0.15) is 0 Å². The van der Waals surface area contributed by atoms with Crippen molar-refractivity contribution in [3.63, 3.8) is 0 Å². The van der Waals surface area contributed by atoms with Gasteiger partial charge in [0.1, 0.15) is 0 Å². The Labute approximate surface area is 101 Å². The average Bonchev–Trinajstić information content (AvgIpc) is 2.32. The van der Waals surface area contributed by atoms with Crippen LogP contribution in [0.5, 0.6) is 0 Å². The maximum absolute atomic E-state index is 10.2. The Balaban J connectivity index is 3.06. The Hall–Kier alpha value is -0.0800. The van der Waals surface area contributed by atoms with Crippen molar-refractivity contribution in [1.29, 1.82) is 0 Å². The minimum absolute atomic E-state index is 0.115. The van der Waals surface area contributed by atoms with Crippen molar-refractivity contribution in [2.24, 2.45) is 0 Å². The maximum atomic E-state index is 10.2. The molecule has 96 valence electrons. The third-order valence-corrected chi connectivity index (χ3v) is 5.29. The van der Waals surface area contributed by atoms with Crippen LogP contribution >= 0.6 is 0 Å². The molecule has 0 radical (unpaired) electrons. The normalized spacial score (nSPS) is 25.9. The van der Waals surface area contributed by atoms with Crippen molar-refractivity contribution in [3.05, 3.63) is 0 Å². The molecule has 1 saturated heterocycles. The molecule has 0 aromatic rings. The largest absolute Gasteiger partial charge is 0.393 e. The van der Waals surface area contributed by atoms with Crippen molar-refractivity contribution in [1.82, 2.24) is 4.90 Å². The summed E-state index contributed by atoms with van der Waals surface area (Å²) in [6.45, 7) is 9.03. The van der Waals surface area contributed by atoms with E-state index >= 15 is 0 Å². The summed E-state index contributed by atoms with van der Waals surface area (Å²) in [5, 5.41) is 10.2. The van der Waals surface area contributed by atoms with Gasteiger partial charge in [-0.05, 0) is 45.6 Å². The number of rotatable bonds is 4. The van der Waals surface area contributed by atoms with E-state index in [9.17, 15) is 5.11 Å². The number of likely N-dealkylation sites (tertiary alicyclic amines) is 1. The number of hydrogen-bond acceptors (Lipinski definition) is 2. The lowest BCUT2D eigenvalue weighted by atomic mass is 9.70. The molecule has 0 aromatic heterocycles. The van der Waals surface area contributed by atoms with Crippen LogP contribution in [0.25, 0.3) is 0 Å². The van der Waals surface area contributed by atoms with Gasteiger partial charge >= 0.3 is 0 Å². The molecule has 1 aliphatic rings. The summed E-state index contributed by atoms with van der Waals surface area (Å²) in [5.41, 5.74) is 0.424. The molecule has 0 bridgehead atoms. The topological polar surface area (TPSA) is 23.5 Å². The Bertz CT molecular complexity index is 197. The highest BCUT2D eigenvalue weighted by Gasteiger charge is 2.48. The van der Waals surface area contributed by atoms with Gasteiger partial charge in [0, 0.05) is 11.1 Å². The van der Waals surface area contributed by atoms with Gasteiger partial charge in [-0.1, -0.05) is 27.7 Å². The van der Waals surface area contributed by atoms with E-state index in [1.54, 1.807) is 0 Å². The van der Waals surface area contributed by atoms with Crippen LogP contribution in [0.1, 0.15) is 66.2 Å². The lowest BCUT2D eigenvalue weighted by Crippen LogP contribution is -2.64. The first-order chi connectivity index (χ1) is 7.50. The fraction of sp³-hybridized carbons (Fsp3) is 1.00. The maximum Gasteiger partial charge on any atom is 0.0575 e. The zero-order valence-corrected chi connectivity index (χ0v) is 11.7. The van der Waals surface area contributed by atoms with Crippen molar-refractivity contribution < 1.29 is 5.11 Å². The van der Waals surface area contributed by atoms with Gasteiger partial charge in [0.15, 0.2) is 0 Å². The van der Waals surface area contributed by atoms with Crippen molar-refractivity contribution in [2.75, 3.05) is 7.05 Å². The number of aliphatic hydroxyl groups excluding tert-OH is 1. The van der Waals surface area contributed by atoms with Crippen molar-refractivity contribution in [2.45, 2.75) is 83.4 Å². The molecule has 2 nitrogen and oxygen atoms in total. The van der Waals surface area contributed by atoms with E-state index in [0.717, 1.165) is 38.5 Å². The van der Waals surface area contributed by atoms with Crippen LogP contribution in [0, 0.1) is 0 Å². The SMILES string of the molecule is CCC1(CC)CC(O)CC(CC)(CC)N1C. The predicted molar refractivity (Wildman–Crippen MR) is 69.6 cm³/mol. The minimum atomic E-state index is -0.115. The molecular weight excluding hydrogens is 198 g/mol. The van der Waals surface area contributed by atoms with Crippen LogP contribution in [-0.4, -0.2) is 34.2 Å². The molecule has 1 heterocycles. The van der Waals surface area contributed by atoms with Gasteiger partial charge in [-0.3, -0.25) is 4.90 Å². The quantitative estimate of drug-likeness (QED) is 0.797. The Morgan fingerprint density at radius 2 is 1.25 bits per heavy atom. The summed E-state index contributed by atoms with van der Waals surface area (Å²) in [5.74, 6) is 0. The Morgan fingerprint density at radius 3 is 1.50 bits per heavy atom. The van der Waals surface area contributed by atoms with Gasteiger partial charge in [0.25, 0.3) is 0 Å².